The number of rotatable bonds is 3. The first kappa shape index (κ1) is 14.7. The van der Waals surface area contributed by atoms with E-state index in [9.17, 15) is 4.39 Å². The van der Waals surface area contributed by atoms with Gasteiger partial charge in [-0.1, -0.05) is 13.0 Å². The number of ether oxygens (including phenoxy) is 1. The second-order valence-electron chi connectivity index (χ2n) is 5.77. The van der Waals surface area contributed by atoms with E-state index in [-0.39, 0.29) is 5.82 Å². The number of methoxy groups -OCH3 is 1. The predicted octanol–water partition coefficient (Wildman–Crippen LogP) is 4.86. The number of nitrogens with zero attached hydrogens (tertiary/aromatic N) is 2. The molecule has 0 spiro atoms. The molecule has 4 aromatic rings. The average molecular weight is 320 g/mol. The van der Waals surface area contributed by atoms with Gasteiger partial charge in [0.25, 0.3) is 0 Å². The molecule has 4 rings (SSSR count). The Labute approximate surface area is 139 Å². The Kier molecular flexibility index (Phi) is 3.45. The standard InChI is InChI=1S/C20H17FN2O/c1-3-13-12-22-23-19(14-5-8-17(24-2)9-6-14)10-15-4-7-16(21)11-18(15)20(13)23/h4-12H,3H2,1-2H3. The van der Waals surface area contributed by atoms with Crippen LogP contribution in [0.4, 0.5) is 4.39 Å². The molecule has 0 bridgehead atoms. The zero-order chi connectivity index (χ0) is 16.7. The van der Waals surface area contributed by atoms with Crippen LogP contribution in [-0.4, -0.2) is 16.7 Å². The lowest BCUT2D eigenvalue weighted by molar-refractivity contribution is 0.415. The summed E-state index contributed by atoms with van der Waals surface area (Å²) in [5.74, 6) is 0.581. The summed E-state index contributed by atoms with van der Waals surface area (Å²) in [4.78, 5) is 0. The van der Waals surface area contributed by atoms with Gasteiger partial charge in [0, 0.05) is 10.9 Å². The molecule has 0 amide bonds. The van der Waals surface area contributed by atoms with Crippen molar-refractivity contribution in [3.8, 4) is 17.0 Å². The molecule has 0 saturated heterocycles. The fourth-order valence-electron chi connectivity index (χ4n) is 3.15. The summed E-state index contributed by atoms with van der Waals surface area (Å²) in [6, 6.07) is 14.8. The van der Waals surface area contributed by atoms with Gasteiger partial charge in [-0.3, -0.25) is 0 Å². The molecular weight excluding hydrogens is 303 g/mol. The first-order chi connectivity index (χ1) is 11.7. The fraction of sp³-hybridized carbons (Fsp3) is 0.150. The molecule has 0 fully saturated rings. The number of halogens is 1. The maximum atomic E-state index is 13.8. The summed E-state index contributed by atoms with van der Waals surface area (Å²) < 4.78 is 20.9. The van der Waals surface area contributed by atoms with Crippen molar-refractivity contribution in [2.45, 2.75) is 13.3 Å². The Balaban J connectivity index is 2.07. The Morgan fingerprint density at radius 3 is 2.58 bits per heavy atom. The van der Waals surface area contributed by atoms with Gasteiger partial charge in [-0.15, -0.1) is 0 Å². The highest BCUT2D eigenvalue weighted by atomic mass is 19.1. The summed E-state index contributed by atoms with van der Waals surface area (Å²) in [5, 5.41) is 6.45. The lowest BCUT2D eigenvalue weighted by Crippen LogP contribution is -1.96. The van der Waals surface area contributed by atoms with Crippen molar-refractivity contribution in [3.63, 3.8) is 0 Å². The van der Waals surface area contributed by atoms with Gasteiger partial charge in [-0.05, 0) is 59.8 Å². The van der Waals surface area contributed by atoms with Crippen LogP contribution in [0.25, 0.3) is 27.5 Å². The zero-order valence-electron chi connectivity index (χ0n) is 13.6. The van der Waals surface area contributed by atoms with Gasteiger partial charge >= 0.3 is 0 Å². The largest absolute Gasteiger partial charge is 0.497 e. The third-order valence-corrected chi connectivity index (χ3v) is 4.40. The monoisotopic (exact) mass is 320 g/mol. The molecule has 0 radical (unpaired) electrons. The van der Waals surface area contributed by atoms with Crippen LogP contribution >= 0.6 is 0 Å². The molecule has 24 heavy (non-hydrogen) atoms. The minimum Gasteiger partial charge on any atom is -0.497 e. The Morgan fingerprint density at radius 1 is 1.08 bits per heavy atom. The van der Waals surface area contributed by atoms with Crippen LogP contribution in [0.15, 0.2) is 54.7 Å². The van der Waals surface area contributed by atoms with E-state index < -0.39 is 0 Å². The third-order valence-electron chi connectivity index (χ3n) is 4.40. The van der Waals surface area contributed by atoms with Crippen LogP contribution in [0, 0.1) is 5.82 Å². The van der Waals surface area contributed by atoms with Gasteiger partial charge in [0.1, 0.15) is 11.6 Å². The van der Waals surface area contributed by atoms with Crippen LogP contribution in [-0.2, 0) is 6.42 Å². The minimum absolute atomic E-state index is 0.232. The smallest absolute Gasteiger partial charge is 0.123 e. The lowest BCUT2D eigenvalue weighted by Gasteiger charge is -2.10. The summed E-state index contributed by atoms with van der Waals surface area (Å²) in [6.07, 6.45) is 2.72. The number of pyridine rings is 1. The van der Waals surface area contributed by atoms with Crippen molar-refractivity contribution in [3.05, 3.63) is 66.1 Å². The molecule has 4 heteroatoms. The predicted molar refractivity (Wildman–Crippen MR) is 94.0 cm³/mol. The average Bonchev–Trinajstić information content (AvgIpc) is 3.06. The molecule has 3 nitrogen and oxygen atoms in total. The molecule has 0 saturated carbocycles. The highest BCUT2D eigenvalue weighted by molar-refractivity contribution is 5.99. The molecule has 2 aromatic carbocycles. The Hall–Kier alpha value is -2.88. The van der Waals surface area contributed by atoms with Gasteiger partial charge < -0.3 is 4.74 Å². The molecule has 2 aromatic heterocycles. The van der Waals surface area contributed by atoms with Gasteiger partial charge in [-0.2, -0.15) is 5.10 Å². The van der Waals surface area contributed by atoms with E-state index in [0.29, 0.717) is 0 Å². The van der Waals surface area contributed by atoms with Crippen molar-refractivity contribution in [1.82, 2.24) is 9.61 Å². The van der Waals surface area contributed by atoms with Crippen molar-refractivity contribution in [2.24, 2.45) is 0 Å². The third kappa shape index (κ3) is 2.22. The zero-order valence-corrected chi connectivity index (χ0v) is 13.6. The molecule has 120 valence electrons. The molecule has 0 aliphatic heterocycles. The summed E-state index contributed by atoms with van der Waals surface area (Å²) in [7, 11) is 1.65. The van der Waals surface area contributed by atoms with Crippen LogP contribution in [0.5, 0.6) is 5.75 Å². The minimum atomic E-state index is -0.232. The van der Waals surface area contributed by atoms with Crippen molar-refractivity contribution in [2.75, 3.05) is 7.11 Å². The Bertz CT molecular complexity index is 1040. The molecular formula is C20H17FN2O. The second-order valence-corrected chi connectivity index (χ2v) is 5.77. The van der Waals surface area contributed by atoms with Gasteiger partial charge in [-0.25, -0.2) is 8.91 Å². The fourth-order valence-corrected chi connectivity index (χ4v) is 3.15. The van der Waals surface area contributed by atoms with Crippen LogP contribution in [0.2, 0.25) is 0 Å². The van der Waals surface area contributed by atoms with E-state index in [1.54, 1.807) is 13.2 Å². The summed E-state index contributed by atoms with van der Waals surface area (Å²) >= 11 is 0. The SMILES string of the molecule is CCc1cnn2c(-c3ccc(OC)cc3)cc3ccc(F)cc3c12. The maximum absolute atomic E-state index is 13.8. The van der Waals surface area contributed by atoms with E-state index in [0.717, 1.165) is 45.3 Å². The molecule has 0 aliphatic rings. The molecule has 2 heterocycles. The van der Waals surface area contributed by atoms with Crippen molar-refractivity contribution >= 4 is 16.3 Å². The molecule has 0 aliphatic carbocycles. The van der Waals surface area contributed by atoms with Crippen molar-refractivity contribution < 1.29 is 9.13 Å². The first-order valence-electron chi connectivity index (χ1n) is 7.94. The normalized spacial score (nSPS) is 11.3. The van der Waals surface area contributed by atoms with Crippen molar-refractivity contribution in [1.29, 1.82) is 0 Å². The number of fused-ring (bicyclic) bond motifs is 3. The van der Waals surface area contributed by atoms with Gasteiger partial charge in [0.15, 0.2) is 0 Å². The summed E-state index contributed by atoms with van der Waals surface area (Å²) in [6.45, 7) is 2.09. The number of aryl methyl sites for hydroxylation is 1. The maximum Gasteiger partial charge on any atom is 0.123 e. The summed E-state index contributed by atoms with van der Waals surface area (Å²) in [5.41, 5.74) is 4.10. The lowest BCUT2D eigenvalue weighted by atomic mass is 10.0. The highest BCUT2D eigenvalue weighted by Crippen LogP contribution is 2.31. The second kappa shape index (κ2) is 5.64. The van der Waals surface area contributed by atoms with Gasteiger partial charge in [0.05, 0.1) is 24.5 Å². The van der Waals surface area contributed by atoms with E-state index in [2.05, 4.69) is 18.1 Å². The van der Waals surface area contributed by atoms with E-state index in [4.69, 9.17) is 4.74 Å². The van der Waals surface area contributed by atoms with E-state index in [1.165, 1.54) is 6.07 Å². The van der Waals surface area contributed by atoms with E-state index >= 15 is 0 Å². The quantitative estimate of drug-likeness (QED) is 0.538. The number of aromatic nitrogens is 2. The Morgan fingerprint density at radius 2 is 1.88 bits per heavy atom. The molecule has 0 N–H and O–H groups in total. The van der Waals surface area contributed by atoms with Crippen LogP contribution < -0.4 is 4.74 Å². The highest BCUT2D eigenvalue weighted by Gasteiger charge is 2.13. The number of hydrogen-bond acceptors (Lipinski definition) is 2. The molecule has 0 atom stereocenters. The van der Waals surface area contributed by atoms with E-state index in [1.807, 2.05) is 41.0 Å². The first-order valence-corrected chi connectivity index (χ1v) is 7.94. The topological polar surface area (TPSA) is 26.5 Å². The molecule has 0 unspecified atom stereocenters. The van der Waals surface area contributed by atoms with Crippen LogP contribution in [0.1, 0.15) is 12.5 Å². The van der Waals surface area contributed by atoms with Crippen LogP contribution in [0.3, 0.4) is 0 Å². The number of benzene rings is 2. The number of hydrogen-bond donors (Lipinski definition) is 0. The van der Waals surface area contributed by atoms with Gasteiger partial charge in [0.2, 0.25) is 0 Å².